The molecule has 0 spiro atoms. The van der Waals surface area contributed by atoms with Crippen molar-refractivity contribution in [3.05, 3.63) is 5.82 Å². The van der Waals surface area contributed by atoms with Gasteiger partial charge in [-0.25, -0.2) is 8.42 Å². The third kappa shape index (κ3) is 4.63. The summed E-state index contributed by atoms with van der Waals surface area (Å²) in [6, 6.07) is 0. The first-order chi connectivity index (χ1) is 12.4. The van der Waals surface area contributed by atoms with Gasteiger partial charge in [-0.2, -0.15) is 4.31 Å². The van der Waals surface area contributed by atoms with E-state index in [1.54, 1.807) is 0 Å². The van der Waals surface area contributed by atoms with Gasteiger partial charge in [0.05, 0.1) is 12.9 Å². The molecule has 8 nitrogen and oxygen atoms in total. The van der Waals surface area contributed by atoms with Crippen molar-refractivity contribution in [1.29, 1.82) is 0 Å². The molecule has 1 aromatic heterocycles. The topological polar surface area (TPSA) is 80.6 Å². The average Bonchev–Trinajstić information content (AvgIpc) is 2.86. The molecular weight excluding hydrogens is 366 g/mol. The molecule has 0 aromatic carbocycles. The minimum atomic E-state index is -3.24. The molecule has 0 radical (unpaired) electrons. The molecule has 3 rings (SSSR count). The van der Waals surface area contributed by atoms with E-state index in [4.69, 9.17) is 4.74 Å². The predicted octanol–water partition coefficient (Wildman–Crippen LogP) is 1.80. The van der Waals surface area contributed by atoms with E-state index in [0.29, 0.717) is 24.4 Å². The number of ether oxygens (including phenoxy) is 1. The van der Waals surface area contributed by atoms with E-state index in [9.17, 15) is 8.42 Å². The fraction of sp³-hybridized carbons (Fsp3) is 0.889. The van der Waals surface area contributed by atoms with Gasteiger partial charge in [-0.15, -0.1) is 10.2 Å². The normalized spacial score (nSPS) is 26.7. The molecule has 1 unspecified atom stereocenters. The summed E-state index contributed by atoms with van der Waals surface area (Å²) in [4.78, 5) is 2.31. The molecule has 1 aromatic rings. The summed E-state index contributed by atoms with van der Waals surface area (Å²) in [5, 5.41) is 8.82. The maximum atomic E-state index is 11.9. The molecule has 0 bridgehead atoms. The van der Waals surface area contributed by atoms with Crippen LogP contribution in [-0.2, 0) is 21.8 Å². The molecular formula is C18H33N5O3S. The second-order valence-corrected chi connectivity index (χ2v) is 11.6. The number of hydrogen-bond acceptors (Lipinski definition) is 6. The van der Waals surface area contributed by atoms with Crippen LogP contribution in [0.2, 0.25) is 0 Å². The van der Waals surface area contributed by atoms with E-state index in [1.165, 1.54) is 10.6 Å². The average molecular weight is 400 g/mol. The van der Waals surface area contributed by atoms with Crippen LogP contribution in [0.4, 0.5) is 5.95 Å². The highest BCUT2D eigenvalue weighted by Gasteiger charge is 2.37. The SMILES string of the molecule is Cn1c(C2CN(S(C)(=O)=O)CCO2)nnc1N1CCC(C)(C)CC(C)(C)C1. The van der Waals surface area contributed by atoms with Gasteiger partial charge >= 0.3 is 0 Å². The molecule has 9 heteroatoms. The Kier molecular flexibility index (Phi) is 5.33. The zero-order chi connectivity index (χ0) is 20.0. The fourth-order valence-corrected chi connectivity index (χ4v) is 5.43. The summed E-state index contributed by atoms with van der Waals surface area (Å²) in [6.45, 7) is 12.2. The van der Waals surface area contributed by atoms with E-state index in [0.717, 1.165) is 31.9 Å². The molecule has 154 valence electrons. The summed E-state index contributed by atoms with van der Waals surface area (Å²) < 4.78 is 33.0. The lowest BCUT2D eigenvalue weighted by Gasteiger charge is -2.33. The van der Waals surface area contributed by atoms with Crippen LogP contribution >= 0.6 is 0 Å². The highest BCUT2D eigenvalue weighted by molar-refractivity contribution is 7.88. The maximum absolute atomic E-state index is 11.9. The summed E-state index contributed by atoms with van der Waals surface area (Å²) >= 11 is 0. The second kappa shape index (κ2) is 7.00. The Morgan fingerprint density at radius 2 is 1.81 bits per heavy atom. The summed E-state index contributed by atoms with van der Waals surface area (Å²) in [7, 11) is -1.30. The van der Waals surface area contributed by atoms with Crippen molar-refractivity contribution in [2.75, 3.05) is 43.9 Å². The van der Waals surface area contributed by atoms with Gasteiger partial charge < -0.3 is 9.64 Å². The zero-order valence-electron chi connectivity index (χ0n) is 17.4. The largest absolute Gasteiger partial charge is 0.367 e. The number of rotatable bonds is 3. The smallest absolute Gasteiger partial charge is 0.227 e. The van der Waals surface area contributed by atoms with Gasteiger partial charge in [-0.05, 0) is 23.7 Å². The van der Waals surface area contributed by atoms with Crippen LogP contribution in [0.15, 0.2) is 0 Å². The van der Waals surface area contributed by atoms with Crippen molar-refractivity contribution in [1.82, 2.24) is 19.1 Å². The van der Waals surface area contributed by atoms with Crippen LogP contribution in [0, 0.1) is 10.8 Å². The van der Waals surface area contributed by atoms with Gasteiger partial charge in [-0.3, -0.25) is 4.57 Å². The van der Waals surface area contributed by atoms with Gasteiger partial charge in [-0.1, -0.05) is 27.7 Å². The lowest BCUT2D eigenvalue weighted by Crippen LogP contribution is -2.42. The zero-order valence-corrected chi connectivity index (χ0v) is 18.2. The Labute approximate surface area is 162 Å². The van der Waals surface area contributed by atoms with E-state index >= 15 is 0 Å². The van der Waals surface area contributed by atoms with E-state index in [1.807, 2.05) is 11.6 Å². The van der Waals surface area contributed by atoms with Crippen molar-refractivity contribution >= 4 is 16.0 Å². The van der Waals surface area contributed by atoms with Crippen molar-refractivity contribution < 1.29 is 13.2 Å². The van der Waals surface area contributed by atoms with Crippen molar-refractivity contribution in [2.45, 2.75) is 46.6 Å². The number of sulfonamides is 1. The van der Waals surface area contributed by atoms with Crippen LogP contribution in [0.5, 0.6) is 0 Å². The van der Waals surface area contributed by atoms with Crippen molar-refractivity contribution in [2.24, 2.45) is 17.9 Å². The highest BCUT2D eigenvalue weighted by Crippen LogP contribution is 2.40. The van der Waals surface area contributed by atoms with Crippen molar-refractivity contribution in [3.8, 4) is 0 Å². The minimum Gasteiger partial charge on any atom is -0.367 e. The highest BCUT2D eigenvalue weighted by atomic mass is 32.2. The van der Waals surface area contributed by atoms with Crippen LogP contribution < -0.4 is 4.90 Å². The summed E-state index contributed by atoms with van der Waals surface area (Å²) in [6.07, 6.45) is 3.10. The lowest BCUT2D eigenvalue weighted by atomic mass is 9.75. The van der Waals surface area contributed by atoms with Crippen LogP contribution in [0.3, 0.4) is 0 Å². The van der Waals surface area contributed by atoms with Crippen molar-refractivity contribution in [3.63, 3.8) is 0 Å². The Balaban J connectivity index is 1.83. The fourth-order valence-electron chi connectivity index (χ4n) is 4.62. The van der Waals surface area contributed by atoms with Gasteiger partial charge in [0.25, 0.3) is 0 Å². The van der Waals surface area contributed by atoms with E-state index < -0.39 is 16.1 Å². The van der Waals surface area contributed by atoms with Gasteiger partial charge in [0.15, 0.2) is 5.82 Å². The number of aromatic nitrogens is 3. The standard InChI is InChI=1S/C18H33N5O3S/c1-17(2)7-8-22(13-18(3,4)12-17)16-20-19-15(21(16)5)14-11-23(9-10-26-14)27(6,24)25/h14H,7-13H2,1-6H3. The monoisotopic (exact) mass is 399 g/mol. The molecule has 2 fully saturated rings. The second-order valence-electron chi connectivity index (χ2n) is 9.57. The molecule has 0 N–H and O–H groups in total. The Bertz CT molecular complexity index is 787. The third-order valence-electron chi connectivity index (χ3n) is 5.59. The molecule has 0 aliphatic carbocycles. The quantitative estimate of drug-likeness (QED) is 0.771. The Morgan fingerprint density at radius 3 is 2.48 bits per heavy atom. The number of anilines is 1. The van der Waals surface area contributed by atoms with Crippen LogP contribution in [0.25, 0.3) is 0 Å². The number of morpholine rings is 1. The number of nitrogens with zero attached hydrogens (tertiary/aromatic N) is 5. The maximum Gasteiger partial charge on any atom is 0.227 e. The van der Waals surface area contributed by atoms with E-state index in [2.05, 4.69) is 42.8 Å². The molecule has 2 aliphatic heterocycles. The molecule has 3 heterocycles. The minimum absolute atomic E-state index is 0.181. The summed E-state index contributed by atoms with van der Waals surface area (Å²) in [5.74, 6) is 1.51. The number of hydrogen-bond donors (Lipinski definition) is 0. The third-order valence-corrected chi connectivity index (χ3v) is 6.86. The lowest BCUT2D eigenvalue weighted by molar-refractivity contribution is -0.00889. The molecule has 2 saturated heterocycles. The van der Waals surface area contributed by atoms with Crippen LogP contribution in [0.1, 0.15) is 52.5 Å². The summed E-state index contributed by atoms with van der Waals surface area (Å²) in [5.41, 5.74) is 0.475. The molecule has 2 aliphatic rings. The predicted molar refractivity (Wildman–Crippen MR) is 105 cm³/mol. The molecule has 27 heavy (non-hydrogen) atoms. The first-order valence-electron chi connectivity index (χ1n) is 9.59. The first kappa shape index (κ1) is 20.5. The van der Waals surface area contributed by atoms with Crippen LogP contribution in [-0.4, -0.2) is 66.5 Å². The van der Waals surface area contributed by atoms with Gasteiger partial charge in [0.2, 0.25) is 16.0 Å². The van der Waals surface area contributed by atoms with Gasteiger partial charge in [0.1, 0.15) is 6.10 Å². The molecule has 1 atom stereocenters. The molecule has 0 saturated carbocycles. The molecule has 0 amide bonds. The Morgan fingerprint density at radius 1 is 1.11 bits per heavy atom. The Hall–Kier alpha value is -1.19. The van der Waals surface area contributed by atoms with Gasteiger partial charge in [0, 0.05) is 33.2 Å². The van der Waals surface area contributed by atoms with E-state index in [-0.39, 0.29) is 12.0 Å². The first-order valence-corrected chi connectivity index (χ1v) is 11.4.